The molecule has 1 unspecified atom stereocenters. The molecule has 0 heterocycles. The van der Waals surface area contributed by atoms with E-state index in [-0.39, 0.29) is 25.2 Å². The summed E-state index contributed by atoms with van der Waals surface area (Å²) in [5, 5.41) is 0. The number of ether oxygens (including phenoxy) is 3. The lowest BCUT2D eigenvalue weighted by Gasteiger charge is -2.18. The molecule has 0 N–H and O–H groups in total. The maximum absolute atomic E-state index is 12.8. The van der Waals surface area contributed by atoms with Crippen LogP contribution in [0.15, 0.2) is 109 Å². The molecule has 0 amide bonds. The first-order valence-electron chi connectivity index (χ1n) is 28.4. The Morgan fingerprint density at radius 1 is 0.338 bits per heavy atom. The second-order valence-corrected chi connectivity index (χ2v) is 18.4. The summed E-state index contributed by atoms with van der Waals surface area (Å²) < 4.78 is 17.4. The predicted molar refractivity (Wildman–Crippen MR) is 297 cm³/mol. The zero-order valence-corrected chi connectivity index (χ0v) is 44.6. The van der Waals surface area contributed by atoms with E-state index in [1.165, 1.54) is 109 Å². The predicted octanol–water partition coefficient (Wildman–Crippen LogP) is 19.6. The third-order valence-corrected chi connectivity index (χ3v) is 11.8. The van der Waals surface area contributed by atoms with Crippen molar-refractivity contribution < 1.29 is 23.8 Å². The van der Waals surface area contributed by atoms with Gasteiger partial charge >= 0.3 is 11.9 Å². The largest absolute Gasteiger partial charge is 0.462 e. The van der Waals surface area contributed by atoms with E-state index in [9.17, 15) is 9.59 Å². The minimum Gasteiger partial charge on any atom is -0.462 e. The van der Waals surface area contributed by atoms with Crippen LogP contribution in [0.25, 0.3) is 0 Å². The molecule has 388 valence electrons. The molecule has 0 saturated carbocycles. The molecular formula is C63H106O5. The molecule has 0 bridgehead atoms. The van der Waals surface area contributed by atoms with E-state index >= 15 is 0 Å². The molecule has 0 fully saturated rings. The summed E-state index contributed by atoms with van der Waals surface area (Å²) in [7, 11) is 0. The molecule has 1 atom stereocenters. The number of rotatable bonds is 51. The molecule has 0 spiro atoms. The van der Waals surface area contributed by atoms with Crippen molar-refractivity contribution in [2.45, 2.75) is 258 Å². The van der Waals surface area contributed by atoms with Gasteiger partial charge in [-0.05, 0) is 103 Å². The van der Waals surface area contributed by atoms with Crippen molar-refractivity contribution in [1.82, 2.24) is 0 Å². The molecule has 68 heavy (non-hydrogen) atoms. The summed E-state index contributed by atoms with van der Waals surface area (Å²) in [6.07, 6.45) is 79.8. The van der Waals surface area contributed by atoms with Crippen molar-refractivity contribution in [3.05, 3.63) is 109 Å². The molecule has 0 aromatic carbocycles. The van der Waals surface area contributed by atoms with Gasteiger partial charge in [0.1, 0.15) is 6.61 Å². The smallest absolute Gasteiger partial charge is 0.306 e. The Bertz CT molecular complexity index is 1340. The first kappa shape index (κ1) is 64.6. The lowest BCUT2D eigenvalue weighted by atomic mass is 10.0. The molecule has 0 aliphatic carbocycles. The lowest BCUT2D eigenvalue weighted by molar-refractivity contribution is -0.163. The van der Waals surface area contributed by atoms with Crippen LogP contribution in [0.4, 0.5) is 0 Å². The number of esters is 2. The van der Waals surface area contributed by atoms with Gasteiger partial charge in [0, 0.05) is 19.4 Å². The monoisotopic (exact) mass is 943 g/mol. The zero-order chi connectivity index (χ0) is 49.2. The fourth-order valence-corrected chi connectivity index (χ4v) is 7.65. The maximum atomic E-state index is 12.8. The van der Waals surface area contributed by atoms with Crippen molar-refractivity contribution in [2.75, 3.05) is 19.8 Å². The van der Waals surface area contributed by atoms with Crippen LogP contribution in [0.2, 0.25) is 0 Å². The summed E-state index contributed by atoms with van der Waals surface area (Å²) in [6, 6.07) is 0. The van der Waals surface area contributed by atoms with Crippen molar-refractivity contribution in [3.8, 4) is 0 Å². The lowest BCUT2D eigenvalue weighted by Crippen LogP contribution is -2.30. The highest BCUT2D eigenvalue weighted by atomic mass is 16.6. The van der Waals surface area contributed by atoms with Crippen LogP contribution >= 0.6 is 0 Å². The van der Waals surface area contributed by atoms with Gasteiger partial charge in [-0.1, -0.05) is 246 Å². The van der Waals surface area contributed by atoms with E-state index in [1.807, 2.05) is 0 Å². The summed E-state index contributed by atoms with van der Waals surface area (Å²) in [6.45, 7) is 7.47. The Balaban J connectivity index is 4.39. The minimum atomic E-state index is -0.586. The molecule has 5 heteroatoms. The van der Waals surface area contributed by atoms with Crippen molar-refractivity contribution in [1.29, 1.82) is 0 Å². The molecule has 0 aliphatic rings. The first-order valence-corrected chi connectivity index (χ1v) is 28.4. The number of unbranched alkanes of at least 4 members (excludes halogenated alkanes) is 22. The Hall–Kier alpha value is -3.44. The van der Waals surface area contributed by atoms with E-state index in [0.717, 1.165) is 109 Å². The van der Waals surface area contributed by atoms with Crippen LogP contribution in [-0.4, -0.2) is 37.9 Å². The van der Waals surface area contributed by atoms with E-state index in [1.54, 1.807) is 0 Å². The Kier molecular flexibility index (Phi) is 54.9. The van der Waals surface area contributed by atoms with Crippen LogP contribution in [0.5, 0.6) is 0 Å². The number of hydrogen-bond donors (Lipinski definition) is 0. The highest BCUT2D eigenvalue weighted by molar-refractivity contribution is 5.70. The molecule has 0 saturated heterocycles. The average Bonchev–Trinajstić information content (AvgIpc) is 3.34. The average molecular weight is 944 g/mol. The van der Waals surface area contributed by atoms with Gasteiger partial charge in [-0.25, -0.2) is 0 Å². The number of allylic oxidation sites excluding steroid dienone is 18. The van der Waals surface area contributed by atoms with Gasteiger partial charge in [0.05, 0.1) is 6.61 Å². The van der Waals surface area contributed by atoms with Crippen LogP contribution in [0, 0.1) is 0 Å². The van der Waals surface area contributed by atoms with Crippen LogP contribution in [0.1, 0.15) is 252 Å². The fraction of sp³-hybridized carbons (Fsp3) is 0.683. The third kappa shape index (κ3) is 55.2. The van der Waals surface area contributed by atoms with E-state index in [2.05, 4.69) is 130 Å². The number of carbonyl (C=O) groups excluding carboxylic acids is 2. The van der Waals surface area contributed by atoms with Gasteiger partial charge in [-0.15, -0.1) is 0 Å². The van der Waals surface area contributed by atoms with Gasteiger partial charge in [0.2, 0.25) is 0 Å². The van der Waals surface area contributed by atoms with Crippen molar-refractivity contribution >= 4 is 11.9 Å². The molecule has 0 rings (SSSR count). The molecule has 5 nitrogen and oxygen atoms in total. The first-order chi connectivity index (χ1) is 33.6. The number of hydrogen-bond acceptors (Lipinski definition) is 5. The molecule has 0 aromatic rings. The maximum Gasteiger partial charge on any atom is 0.306 e. The summed E-state index contributed by atoms with van der Waals surface area (Å²) in [4.78, 5) is 25.5. The Morgan fingerprint density at radius 3 is 1.06 bits per heavy atom. The van der Waals surface area contributed by atoms with E-state index in [0.29, 0.717) is 19.4 Å². The zero-order valence-electron chi connectivity index (χ0n) is 44.6. The van der Waals surface area contributed by atoms with Crippen LogP contribution in [0.3, 0.4) is 0 Å². The van der Waals surface area contributed by atoms with E-state index in [4.69, 9.17) is 14.2 Å². The summed E-state index contributed by atoms with van der Waals surface area (Å²) >= 11 is 0. The molecule has 0 aromatic heterocycles. The van der Waals surface area contributed by atoms with Crippen LogP contribution in [-0.2, 0) is 23.8 Å². The van der Waals surface area contributed by atoms with Gasteiger partial charge in [0.15, 0.2) is 6.10 Å². The van der Waals surface area contributed by atoms with Gasteiger partial charge in [-0.3, -0.25) is 9.59 Å². The van der Waals surface area contributed by atoms with Gasteiger partial charge in [0.25, 0.3) is 0 Å². The second-order valence-electron chi connectivity index (χ2n) is 18.4. The molecule has 0 aliphatic heterocycles. The highest BCUT2D eigenvalue weighted by Gasteiger charge is 2.17. The van der Waals surface area contributed by atoms with Crippen molar-refractivity contribution in [3.63, 3.8) is 0 Å². The number of carbonyl (C=O) groups is 2. The molecular weight excluding hydrogens is 837 g/mol. The third-order valence-electron chi connectivity index (χ3n) is 11.8. The highest BCUT2D eigenvalue weighted by Crippen LogP contribution is 2.15. The molecule has 0 radical (unpaired) electrons. The normalized spacial score (nSPS) is 13.0. The van der Waals surface area contributed by atoms with Gasteiger partial charge in [-0.2, -0.15) is 0 Å². The van der Waals surface area contributed by atoms with E-state index < -0.39 is 6.10 Å². The quantitative estimate of drug-likeness (QED) is 0.0345. The van der Waals surface area contributed by atoms with Crippen molar-refractivity contribution in [2.24, 2.45) is 0 Å². The second kappa shape index (κ2) is 57.9. The Morgan fingerprint density at radius 2 is 0.662 bits per heavy atom. The topological polar surface area (TPSA) is 61.8 Å². The standard InChI is InChI=1S/C63H106O5/c1-4-7-10-13-16-19-22-25-28-30-32-33-36-38-41-44-47-50-53-56-62(64)67-60-61(68-63(65)57-54-51-48-45-42-39-35-27-24-21-18-15-12-9-6-3)59-66-58-55-52-49-46-43-40-37-34-31-29-26-23-20-17-14-11-8-5-2/h8-9,11-12,17-18,20-21,26-27,29,34-35,37,42-43,45-46,61H,4-7,10,13-16,19,22-25,28,30-33,36,38-41,44,47-60H2,1-3H3/b11-8-,12-9-,20-17-,21-18-,29-26-,35-27-,37-34-,45-42-,46-43-. The summed E-state index contributed by atoms with van der Waals surface area (Å²) in [5.74, 6) is -0.468. The SMILES string of the molecule is CC/C=C\C/C=C\C/C=C\C/C=C\C/C=C\CCCCOCC(COC(=O)CCCCCCCCCCCCCCCCCCCCC)OC(=O)CCCC/C=C\C/C=C\C/C=C\C/C=C\CC. The minimum absolute atomic E-state index is 0.0473. The van der Waals surface area contributed by atoms with Gasteiger partial charge < -0.3 is 14.2 Å². The van der Waals surface area contributed by atoms with Crippen LogP contribution < -0.4 is 0 Å². The summed E-state index contributed by atoms with van der Waals surface area (Å²) in [5.41, 5.74) is 0. The Labute approximate surface area is 421 Å². The fourth-order valence-electron chi connectivity index (χ4n) is 7.65.